The van der Waals surface area contributed by atoms with Gasteiger partial charge < -0.3 is 25.5 Å². The number of aromatic amines is 1. The van der Waals surface area contributed by atoms with Crippen LogP contribution >= 0.6 is 0 Å². The molecule has 7 nitrogen and oxygen atoms in total. The summed E-state index contributed by atoms with van der Waals surface area (Å²) in [4.78, 5) is 10.2. The SMILES string of the molecule is Cc1ncc(N)c(Nc2ccc3[nH]ccc3c2C)c1-c1ccc(OCCN2CCOCC2)cc1. The fourth-order valence-corrected chi connectivity index (χ4v) is 4.50. The number of nitrogens with two attached hydrogens (primary N) is 1. The lowest BCUT2D eigenvalue weighted by Gasteiger charge is -2.26. The summed E-state index contributed by atoms with van der Waals surface area (Å²) in [5.41, 5.74) is 14.2. The number of hydrogen-bond donors (Lipinski definition) is 3. The minimum atomic E-state index is 0.611. The van der Waals surface area contributed by atoms with Gasteiger partial charge in [-0.15, -0.1) is 0 Å². The van der Waals surface area contributed by atoms with Gasteiger partial charge in [0.1, 0.15) is 12.4 Å². The molecule has 1 aliphatic heterocycles. The molecule has 2 aromatic heterocycles. The van der Waals surface area contributed by atoms with E-state index in [4.69, 9.17) is 15.2 Å². The normalized spacial score (nSPS) is 14.4. The average Bonchev–Trinajstić information content (AvgIpc) is 3.34. The quantitative estimate of drug-likeness (QED) is 0.366. The Kier molecular flexibility index (Phi) is 6.38. The van der Waals surface area contributed by atoms with Gasteiger partial charge in [0, 0.05) is 53.7 Å². The molecule has 4 aromatic rings. The van der Waals surface area contributed by atoms with Crippen molar-refractivity contribution in [1.82, 2.24) is 14.9 Å². The highest BCUT2D eigenvalue weighted by molar-refractivity contribution is 5.94. The molecule has 34 heavy (non-hydrogen) atoms. The topological polar surface area (TPSA) is 88.4 Å². The molecular formula is C27H31N5O2. The first kappa shape index (κ1) is 22.3. The van der Waals surface area contributed by atoms with Crippen LogP contribution in [0.4, 0.5) is 17.1 Å². The van der Waals surface area contributed by atoms with Crippen LogP contribution < -0.4 is 15.8 Å². The first-order chi connectivity index (χ1) is 16.6. The Morgan fingerprint density at radius 2 is 1.88 bits per heavy atom. The van der Waals surface area contributed by atoms with E-state index in [0.29, 0.717) is 12.3 Å². The summed E-state index contributed by atoms with van der Waals surface area (Å²) in [5, 5.41) is 4.78. The molecule has 0 unspecified atom stereocenters. The number of benzene rings is 2. The Labute approximate surface area is 199 Å². The first-order valence-corrected chi connectivity index (χ1v) is 11.7. The third-order valence-corrected chi connectivity index (χ3v) is 6.48. The number of fused-ring (bicyclic) bond motifs is 1. The minimum absolute atomic E-state index is 0.611. The second-order valence-electron chi connectivity index (χ2n) is 8.68. The zero-order valence-electron chi connectivity index (χ0n) is 19.7. The molecule has 7 heteroatoms. The summed E-state index contributed by atoms with van der Waals surface area (Å²) in [6.45, 7) is 9.23. The molecule has 3 heterocycles. The van der Waals surface area contributed by atoms with Crippen molar-refractivity contribution in [1.29, 1.82) is 0 Å². The molecule has 0 spiro atoms. The van der Waals surface area contributed by atoms with Crippen molar-refractivity contribution in [2.45, 2.75) is 13.8 Å². The van der Waals surface area contributed by atoms with E-state index in [1.54, 1.807) is 6.20 Å². The number of H-pyrrole nitrogens is 1. The van der Waals surface area contributed by atoms with Crippen LogP contribution in [0.15, 0.2) is 54.9 Å². The van der Waals surface area contributed by atoms with Crippen LogP contribution in [-0.2, 0) is 4.74 Å². The van der Waals surface area contributed by atoms with E-state index in [2.05, 4.69) is 57.4 Å². The zero-order chi connectivity index (χ0) is 23.5. The molecule has 1 aliphatic rings. The highest BCUT2D eigenvalue weighted by Gasteiger charge is 2.16. The predicted molar refractivity (Wildman–Crippen MR) is 138 cm³/mol. The summed E-state index contributed by atoms with van der Waals surface area (Å²) in [6, 6.07) is 14.4. The second-order valence-corrected chi connectivity index (χ2v) is 8.68. The molecule has 0 aliphatic carbocycles. The monoisotopic (exact) mass is 457 g/mol. The second kappa shape index (κ2) is 9.75. The molecule has 2 aromatic carbocycles. The predicted octanol–water partition coefficient (Wildman–Crippen LogP) is 4.88. The number of anilines is 3. The molecule has 1 fully saturated rings. The molecule has 0 amide bonds. The number of aryl methyl sites for hydroxylation is 2. The van der Waals surface area contributed by atoms with Gasteiger partial charge in [-0.2, -0.15) is 0 Å². The van der Waals surface area contributed by atoms with E-state index in [1.807, 2.05) is 25.3 Å². The number of ether oxygens (including phenoxy) is 2. The number of aromatic nitrogens is 2. The standard InChI is InChI=1S/C27H31N5O2/c1-18-22-9-10-29-25(22)8-7-24(18)31-27-23(28)17-30-19(2)26(27)20-3-5-21(6-4-20)34-16-13-32-11-14-33-15-12-32/h3-10,17,29H,11-16,28H2,1-2H3,(H,30,31). The molecule has 0 atom stereocenters. The van der Waals surface area contributed by atoms with E-state index in [9.17, 15) is 0 Å². The van der Waals surface area contributed by atoms with Crippen molar-refractivity contribution >= 4 is 28.0 Å². The third-order valence-electron chi connectivity index (χ3n) is 6.48. The van der Waals surface area contributed by atoms with Crippen LogP contribution in [-0.4, -0.2) is 54.3 Å². The molecule has 4 N–H and O–H groups in total. The molecule has 5 rings (SSSR count). The first-order valence-electron chi connectivity index (χ1n) is 11.7. The Morgan fingerprint density at radius 3 is 2.68 bits per heavy atom. The average molecular weight is 458 g/mol. The van der Waals surface area contributed by atoms with Crippen molar-refractivity contribution in [3.8, 4) is 16.9 Å². The largest absolute Gasteiger partial charge is 0.492 e. The smallest absolute Gasteiger partial charge is 0.119 e. The Bertz CT molecular complexity index is 1280. The van der Waals surface area contributed by atoms with Crippen LogP contribution in [0, 0.1) is 13.8 Å². The number of morpholine rings is 1. The van der Waals surface area contributed by atoms with E-state index in [1.165, 1.54) is 10.9 Å². The molecule has 0 radical (unpaired) electrons. The van der Waals surface area contributed by atoms with Gasteiger partial charge in [-0.25, -0.2) is 0 Å². The number of rotatable bonds is 7. The van der Waals surface area contributed by atoms with Gasteiger partial charge in [0.05, 0.1) is 30.8 Å². The number of hydrogen-bond acceptors (Lipinski definition) is 6. The van der Waals surface area contributed by atoms with Crippen LogP contribution in [0.3, 0.4) is 0 Å². The zero-order valence-corrected chi connectivity index (χ0v) is 19.7. The van der Waals surface area contributed by atoms with Gasteiger partial charge in [-0.05, 0) is 55.3 Å². The fraction of sp³-hybridized carbons (Fsp3) is 0.296. The van der Waals surface area contributed by atoms with E-state index in [-0.39, 0.29) is 0 Å². The number of pyridine rings is 1. The van der Waals surface area contributed by atoms with E-state index >= 15 is 0 Å². The van der Waals surface area contributed by atoms with Crippen LogP contribution in [0.1, 0.15) is 11.3 Å². The Balaban J connectivity index is 1.37. The molecule has 176 valence electrons. The van der Waals surface area contributed by atoms with Gasteiger partial charge >= 0.3 is 0 Å². The van der Waals surface area contributed by atoms with Gasteiger partial charge in [-0.3, -0.25) is 9.88 Å². The maximum atomic E-state index is 6.42. The highest BCUT2D eigenvalue weighted by Crippen LogP contribution is 2.38. The summed E-state index contributed by atoms with van der Waals surface area (Å²) in [6.07, 6.45) is 3.68. The maximum absolute atomic E-state index is 6.42. The summed E-state index contributed by atoms with van der Waals surface area (Å²) >= 11 is 0. The van der Waals surface area contributed by atoms with Crippen molar-refractivity contribution in [3.05, 3.63) is 66.1 Å². The lowest BCUT2D eigenvalue weighted by molar-refractivity contribution is 0.0322. The van der Waals surface area contributed by atoms with Crippen molar-refractivity contribution in [2.24, 2.45) is 0 Å². The van der Waals surface area contributed by atoms with Gasteiger partial charge in [0.25, 0.3) is 0 Å². The van der Waals surface area contributed by atoms with E-state index in [0.717, 1.165) is 72.3 Å². The highest BCUT2D eigenvalue weighted by atomic mass is 16.5. The van der Waals surface area contributed by atoms with Crippen molar-refractivity contribution in [3.63, 3.8) is 0 Å². The summed E-state index contributed by atoms with van der Waals surface area (Å²) in [5.74, 6) is 0.856. The molecule has 1 saturated heterocycles. The van der Waals surface area contributed by atoms with Gasteiger partial charge in [-0.1, -0.05) is 12.1 Å². The maximum Gasteiger partial charge on any atom is 0.119 e. The number of nitrogens with one attached hydrogen (secondary N) is 2. The van der Waals surface area contributed by atoms with Crippen molar-refractivity contribution in [2.75, 3.05) is 50.5 Å². The Morgan fingerprint density at radius 1 is 1.09 bits per heavy atom. The van der Waals surface area contributed by atoms with Crippen LogP contribution in [0.5, 0.6) is 5.75 Å². The van der Waals surface area contributed by atoms with Crippen LogP contribution in [0.2, 0.25) is 0 Å². The number of nitrogen functional groups attached to an aromatic ring is 1. The van der Waals surface area contributed by atoms with Crippen molar-refractivity contribution < 1.29 is 9.47 Å². The van der Waals surface area contributed by atoms with E-state index < -0.39 is 0 Å². The molecule has 0 bridgehead atoms. The minimum Gasteiger partial charge on any atom is -0.492 e. The number of nitrogens with zero attached hydrogens (tertiary/aromatic N) is 2. The van der Waals surface area contributed by atoms with Gasteiger partial charge in [0.15, 0.2) is 0 Å². The molecular weight excluding hydrogens is 426 g/mol. The molecule has 0 saturated carbocycles. The summed E-state index contributed by atoms with van der Waals surface area (Å²) < 4.78 is 11.4. The van der Waals surface area contributed by atoms with Crippen LogP contribution in [0.25, 0.3) is 22.0 Å². The Hall–Kier alpha value is -3.55. The summed E-state index contributed by atoms with van der Waals surface area (Å²) in [7, 11) is 0. The van der Waals surface area contributed by atoms with Gasteiger partial charge in [0.2, 0.25) is 0 Å². The fourth-order valence-electron chi connectivity index (χ4n) is 4.50. The lowest BCUT2D eigenvalue weighted by Crippen LogP contribution is -2.38. The lowest BCUT2D eigenvalue weighted by atomic mass is 10.0. The third kappa shape index (κ3) is 4.58.